The third kappa shape index (κ3) is 4.26. The fourth-order valence-electron chi connectivity index (χ4n) is 2.95. The third-order valence-electron chi connectivity index (χ3n) is 4.29. The zero-order valence-electron chi connectivity index (χ0n) is 15.1. The molecule has 0 aliphatic heterocycles. The predicted molar refractivity (Wildman–Crippen MR) is 111 cm³/mol. The number of hydrogen-bond acceptors (Lipinski definition) is 6. The maximum Gasteiger partial charge on any atom is 0.231 e. The molecule has 3 heterocycles. The first-order chi connectivity index (χ1) is 13.6. The van der Waals surface area contributed by atoms with Crippen molar-refractivity contribution in [3.05, 3.63) is 64.4 Å². The van der Waals surface area contributed by atoms with E-state index in [1.54, 1.807) is 11.3 Å². The molecule has 1 N–H and O–H groups in total. The van der Waals surface area contributed by atoms with Gasteiger partial charge >= 0.3 is 0 Å². The molecule has 4 aromatic rings. The van der Waals surface area contributed by atoms with Crippen molar-refractivity contribution in [2.24, 2.45) is 0 Å². The van der Waals surface area contributed by atoms with E-state index in [1.165, 1.54) is 16.6 Å². The molecule has 0 unspecified atom stereocenters. The lowest BCUT2D eigenvalue weighted by molar-refractivity contribution is 0.577. The molecule has 0 aliphatic carbocycles. The van der Waals surface area contributed by atoms with Crippen molar-refractivity contribution in [2.45, 2.75) is 19.8 Å². The molecular weight excluding hydrogens is 397 g/mol. The van der Waals surface area contributed by atoms with Crippen molar-refractivity contribution in [1.29, 1.82) is 0 Å². The summed E-state index contributed by atoms with van der Waals surface area (Å²) in [5.41, 5.74) is 2.79. The first-order valence-corrected chi connectivity index (χ1v) is 10.0. The minimum atomic E-state index is -0.576. The van der Waals surface area contributed by atoms with Crippen LogP contribution in [0, 0.1) is 12.9 Å². The molecule has 3 aromatic heterocycles. The Hall–Kier alpha value is -2.64. The Labute approximate surface area is 170 Å². The van der Waals surface area contributed by atoms with E-state index < -0.39 is 5.95 Å². The van der Waals surface area contributed by atoms with Crippen molar-refractivity contribution in [3.8, 4) is 11.3 Å². The summed E-state index contributed by atoms with van der Waals surface area (Å²) in [6.07, 6.45) is 4.43. The molecule has 4 rings (SSSR count). The van der Waals surface area contributed by atoms with E-state index >= 15 is 0 Å². The van der Waals surface area contributed by atoms with E-state index in [2.05, 4.69) is 43.5 Å². The van der Waals surface area contributed by atoms with Gasteiger partial charge in [-0.05, 0) is 43.0 Å². The van der Waals surface area contributed by atoms with Gasteiger partial charge in [0.1, 0.15) is 10.6 Å². The average molecular weight is 414 g/mol. The topological polar surface area (TPSA) is 63.6 Å². The van der Waals surface area contributed by atoms with E-state index in [-0.39, 0.29) is 5.28 Å². The van der Waals surface area contributed by atoms with Crippen LogP contribution in [0.2, 0.25) is 5.28 Å². The molecule has 0 saturated carbocycles. The Bertz CT molecular complexity index is 1100. The second-order valence-electron chi connectivity index (χ2n) is 6.37. The summed E-state index contributed by atoms with van der Waals surface area (Å²) in [5.74, 6) is 0.206. The lowest BCUT2D eigenvalue weighted by Crippen LogP contribution is -2.05. The lowest BCUT2D eigenvalue weighted by Gasteiger charge is -2.08. The summed E-state index contributed by atoms with van der Waals surface area (Å²) >= 11 is 7.64. The second kappa shape index (κ2) is 8.16. The molecule has 0 fully saturated rings. The highest BCUT2D eigenvalue weighted by Crippen LogP contribution is 2.29. The molecule has 8 heteroatoms. The van der Waals surface area contributed by atoms with Gasteiger partial charge in [-0.2, -0.15) is 4.39 Å². The van der Waals surface area contributed by atoms with Crippen LogP contribution in [0.1, 0.15) is 16.9 Å². The Morgan fingerprint density at radius 2 is 1.93 bits per heavy atom. The van der Waals surface area contributed by atoms with Gasteiger partial charge in [0.15, 0.2) is 0 Å². The summed E-state index contributed by atoms with van der Waals surface area (Å²) in [4.78, 5) is 18.4. The van der Waals surface area contributed by atoms with Gasteiger partial charge < -0.3 is 5.32 Å². The van der Waals surface area contributed by atoms with Crippen LogP contribution in [0.25, 0.3) is 21.5 Å². The molecule has 0 aliphatic rings. The SMILES string of the molecule is Cc1cc2c(NCCCc3ccc(-c4cnc(F)cn4)cc3)nc(Cl)nc2s1. The van der Waals surface area contributed by atoms with Gasteiger partial charge in [-0.15, -0.1) is 11.3 Å². The molecule has 28 heavy (non-hydrogen) atoms. The Morgan fingerprint density at radius 3 is 2.68 bits per heavy atom. The molecule has 0 atom stereocenters. The summed E-state index contributed by atoms with van der Waals surface area (Å²) in [5, 5.41) is 4.64. The van der Waals surface area contributed by atoms with Gasteiger partial charge in [0.2, 0.25) is 11.2 Å². The number of halogens is 2. The molecule has 0 saturated heterocycles. The zero-order valence-corrected chi connectivity index (χ0v) is 16.7. The Morgan fingerprint density at radius 1 is 1.11 bits per heavy atom. The lowest BCUT2D eigenvalue weighted by atomic mass is 10.1. The fraction of sp³-hybridized carbons (Fsp3) is 0.200. The summed E-state index contributed by atoms with van der Waals surface area (Å²) in [7, 11) is 0. The molecular formula is C20H17ClFN5S. The van der Waals surface area contributed by atoms with Crippen molar-refractivity contribution in [1.82, 2.24) is 19.9 Å². The van der Waals surface area contributed by atoms with Gasteiger partial charge in [-0.1, -0.05) is 24.3 Å². The second-order valence-corrected chi connectivity index (χ2v) is 7.94. The minimum absolute atomic E-state index is 0.260. The van der Waals surface area contributed by atoms with Crippen LogP contribution >= 0.6 is 22.9 Å². The molecule has 1 aromatic carbocycles. The van der Waals surface area contributed by atoms with Gasteiger partial charge in [-0.25, -0.2) is 19.9 Å². The van der Waals surface area contributed by atoms with Crippen LogP contribution in [0.4, 0.5) is 10.2 Å². The highest BCUT2D eigenvalue weighted by molar-refractivity contribution is 7.18. The van der Waals surface area contributed by atoms with Crippen LogP contribution in [-0.4, -0.2) is 26.5 Å². The van der Waals surface area contributed by atoms with E-state index in [0.29, 0.717) is 5.69 Å². The number of anilines is 1. The van der Waals surface area contributed by atoms with Crippen LogP contribution < -0.4 is 5.32 Å². The molecule has 0 bridgehead atoms. The average Bonchev–Trinajstić information content (AvgIpc) is 3.06. The Balaban J connectivity index is 1.35. The van der Waals surface area contributed by atoms with E-state index in [1.807, 2.05) is 19.1 Å². The number of hydrogen-bond donors (Lipinski definition) is 1. The number of aryl methyl sites for hydroxylation is 2. The van der Waals surface area contributed by atoms with Crippen LogP contribution in [0.5, 0.6) is 0 Å². The van der Waals surface area contributed by atoms with Gasteiger partial charge in [0, 0.05) is 17.0 Å². The quantitative estimate of drug-likeness (QED) is 0.343. The molecule has 0 amide bonds. The molecule has 5 nitrogen and oxygen atoms in total. The van der Waals surface area contributed by atoms with E-state index in [4.69, 9.17) is 11.6 Å². The molecule has 0 radical (unpaired) electrons. The minimum Gasteiger partial charge on any atom is -0.369 e. The highest BCUT2D eigenvalue weighted by atomic mass is 35.5. The first kappa shape index (κ1) is 18.7. The van der Waals surface area contributed by atoms with Gasteiger partial charge in [0.25, 0.3) is 0 Å². The maximum atomic E-state index is 12.9. The number of aromatic nitrogens is 4. The van der Waals surface area contributed by atoms with Crippen molar-refractivity contribution in [2.75, 3.05) is 11.9 Å². The van der Waals surface area contributed by atoms with Gasteiger partial charge in [0.05, 0.1) is 23.5 Å². The molecule has 0 spiro atoms. The number of nitrogens with zero attached hydrogens (tertiary/aromatic N) is 4. The maximum absolute atomic E-state index is 12.9. The first-order valence-electron chi connectivity index (χ1n) is 8.83. The Kier molecular flexibility index (Phi) is 5.45. The fourth-order valence-corrected chi connectivity index (χ4v) is 4.05. The number of thiophene rings is 1. The number of nitrogens with one attached hydrogen (secondary N) is 1. The monoisotopic (exact) mass is 413 g/mol. The third-order valence-corrected chi connectivity index (χ3v) is 5.41. The number of fused-ring (bicyclic) bond motifs is 1. The highest BCUT2D eigenvalue weighted by Gasteiger charge is 2.09. The summed E-state index contributed by atoms with van der Waals surface area (Å²) in [6.45, 7) is 2.83. The number of benzene rings is 1. The van der Waals surface area contributed by atoms with Gasteiger partial charge in [-0.3, -0.25) is 0 Å². The predicted octanol–water partition coefficient (Wildman–Crippen LogP) is 5.29. The molecule has 142 valence electrons. The van der Waals surface area contributed by atoms with Crippen molar-refractivity contribution in [3.63, 3.8) is 0 Å². The van der Waals surface area contributed by atoms with Crippen LogP contribution in [0.15, 0.2) is 42.7 Å². The zero-order chi connectivity index (χ0) is 19.5. The van der Waals surface area contributed by atoms with Crippen molar-refractivity contribution < 1.29 is 4.39 Å². The normalized spacial score (nSPS) is 11.1. The largest absolute Gasteiger partial charge is 0.369 e. The summed E-state index contributed by atoms with van der Waals surface area (Å²) in [6, 6.07) is 10.2. The van der Waals surface area contributed by atoms with E-state index in [9.17, 15) is 4.39 Å². The van der Waals surface area contributed by atoms with E-state index in [0.717, 1.165) is 47.2 Å². The number of rotatable bonds is 6. The smallest absolute Gasteiger partial charge is 0.231 e. The summed E-state index contributed by atoms with van der Waals surface area (Å²) < 4.78 is 12.9. The van der Waals surface area contributed by atoms with Crippen molar-refractivity contribution >= 4 is 39.0 Å². The van der Waals surface area contributed by atoms with Crippen LogP contribution in [0.3, 0.4) is 0 Å². The van der Waals surface area contributed by atoms with Crippen LogP contribution in [-0.2, 0) is 6.42 Å². The standard InChI is InChI=1S/C20H17ClFN5S/c1-12-9-15-18(26-20(21)27-19(15)28-12)23-8-2-3-13-4-6-14(7-5-13)16-10-25-17(22)11-24-16/h4-7,9-11H,2-3,8H2,1H3,(H,23,26,27).